The number of thioether (sulfide) groups is 1. The van der Waals surface area contributed by atoms with E-state index in [1.807, 2.05) is 0 Å². The Balaban J connectivity index is 2.47. The molecule has 0 aliphatic carbocycles. The molecule has 0 radical (unpaired) electrons. The maximum absolute atomic E-state index is 11.7. The fourth-order valence-corrected chi connectivity index (χ4v) is 2.64. The zero-order chi connectivity index (χ0) is 15.1. The molecule has 7 heteroatoms. The first-order chi connectivity index (χ1) is 9.43. The molecule has 1 unspecified atom stereocenters. The Morgan fingerprint density at radius 2 is 2.10 bits per heavy atom. The van der Waals surface area contributed by atoms with E-state index in [4.69, 9.17) is 27.9 Å². The Kier molecular flexibility index (Phi) is 7.19. The lowest BCUT2D eigenvalue weighted by atomic mass is 10.3. The second-order valence-electron chi connectivity index (χ2n) is 3.90. The molecule has 0 heterocycles. The van der Waals surface area contributed by atoms with Gasteiger partial charge >= 0.3 is 5.97 Å². The smallest absolute Gasteiger partial charge is 0.328 e. The minimum absolute atomic E-state index is 0.143. The molecule has 1 rings (SSSR count). The van der Waals surface area contributed by atoms with E-state index in [1.165, 1.54) is 11.8 Å². The van der Waals surface area contributed by atoms with Crippen LogP contribution in [0.1, 0.15) is 13.8 Å². The van der Waals surface area contributed by atoms with Gasteiger partial charge in [0.05, 0.1) is 17.4 Å². The van der Waals surface area contributed by atoms with Crippen LogP contribution in [0.15, 0.2) is 23.1 Å². The van der Waals surface area contributed by atoms with Gasteiger partial charge in [0.2, 0.25) is 5.91 Å². The average molecular weight is 336 g/mol. The zero-order valence-electron chi connectivity index (χ0n) is 11.1. The number of rotatable bonds is 6. The second-order valence-corrected chi connectivity index (χ2v) is 5.77. The van der Waals surface area contributed by atoms with E-state index in [1.54, 1.807) is 32.0 Å². The Bertz CT molecular complexity index is 497. The van der Waals surface area contributed by atoms with Crippen LogP contribution in [0, 0.1) is 0 Å². The lowest BCUT2D eigenvalue weighted by Crippen LogP contribution is -2.40. The summed E-state index contributed by atoms with van der Waals surface area (Å²) in [5.41, 5.74) is 0. The summed E-state index contributed by atoms with van der Waals surface area (Å²) >= 11 is 13.1. The fraction of sp³-hybridized carbons (Fsp3) is 0.385. The van der Waals surface area contributed by atoms with E-state index < -0.39 is 12.0 Å². The van der Waals surface area contributed by atoms with E-state index in [0.717, 1.165) is 4.90 Å². The van der Waals surface area contributed by atoms with Crippen LogP contribution in [0.25, 0.3) is 0 Å². The summed E-state index contributed by atoms with van der Waals surface area (Å²) in [7, 11) is 0. The van der Waals surface area contributed by atoms with Crippen LogP contribution in [-0.2, 0) is 14.3 Å². The van der Waals surface area contributed by atoms with Gasteiger partial charge in [-0.3, -0.25) is 4.79 Å². The highest BCUT2D eigenvalue weighted by Crippen LogP contribution is 2.29. The minimum atomic E-state index is -0.669. The number of esters is 1. The summed E-state index contributed by atoms with van der Waals surface area (Å²) in [4.78, 5) is 23.8. The monoisotopic (exact) mass is 335 g/mol. The Labute approximate surface area is 132 Å². The van der Waals surface area contributed by atoms with E-state index in [-0.39, 0.29) is 18.3 Å². The highest BCUT2D eigenvalue weighted by molar-refractivity contribution is 8.00. The van der Waals surface area contributed by atoms with E-state index in [2.05, 4.69) is 5.32 Å². The summed E-state index contributed by atoms with van der Waals surface area (Å²) in [6.07, 6.45) is 0. The third kappa shape index (κ3) is 5.61. The van der Waals surface area contributed by atoms with Crippen molar-refractivity contribution in [2.75, 3.05) is 12.4 Å². The summed E-state index contributed by atoms with van der Waals surface area (Å²) in [5.74, 6) is -0.581. The van der Waals surface area contributed by atoms with Crippen molar-refractivity contribution in [1.82, 2.24) is 5.32 Å². The lowest BCUT2D eigenvalue weighted by Gasteiger charge is -2.12. The maximum Gasteiger partial charge on any atom is 0.328 e. The quantitative estimate of drug-likeness (QED) is 0.640. The maximum atomic E-state index is 11.7. The average Bonchev–Trinajstić information content (AvgIpc) is 2.40. The summed E-state index contributed by atoms with van der Waals surface area (Å²) in [5, 5.41) is 3.64. The molecule has 4 nitrogen and oxygen atoms in total. The van der Waals surface area contributed by atoms with Gasteiger partial charge in [-0.2, -0.15) is 0 Å². The first kappa shape index (κ1) is 17.1. The van der Waals surface area contributed by atoms with Gasteiger partial charge in [-0.05, 0) is 32.0 Å². The van der Waals surface area contributed by atoms with Gasteiger partial charge in [-0.15, -0.1) is 11.8 Å². The number of nitrogens with one attached hydrogen (secondary N) is 1. The highest BCUT2D eigenvalue weighted by atomic mass is 35.5. The van der Waals surface area contributed by atoms with E-state index in [9.17, 15) is 9.59 Å². The molecule has 0 aromatic heterocycles. The number of ether oxygens (including phenoxy) is 1. The van der Waals surface area contributed by atoms with Gasteiger partial charge < -0.3 is 10.1 Å². The molecule has 0 bridgehead atoms. The molecule has 0 aliphatic heterocycles. The van der Waals surface area contributed by atoms with Gasteiger partial charge in [0.15, 0.2) is 0 Å². The summed E-state index contributed by atoms with van der Waals surface area (Å²) in [6, 6.07) is 4.37. The SMILES string of the molecule is CCOC(=O)C(C)NC(=O)CSc1cc(Cl)ccc1Cl. The first-order valence-electron chi connectivity index (χ1n) is 5.98. The second kappa shape index (κ2) is 8.39. The van der Waals surface area contributed by atoms with Gasteiger partial charge in [0.1, 0.15) is 6.04 Å². The zero-order valence-corrected chi connectivity index (χ0v) is 13.4. The number of hydrogen-bond acceptors (Lipinski definition) is 4. The topological polar surface area (TPSA) is 55.4 Å². The molecule has 1 atom stereocenters. The van der Waals surface area contributed by atoms with Crippen LogP contribution in [-0.4, -0.2) is 30.3 Å². The van der Waals surface area contributed by atoms with Gasteiger partial charge in [0, 0.05) is 9.92 Å². The predicted octanol–water partition coefficient (Wildman–Crippen LogP) is 3.15. The molecule has 1 aromatic carbocycles. The van der Waals surface area contributed by atoms with Gasteiger partial charge in [-0.25, -0.2) is 4.79 Å². The summed E-state index contributed by atoms with van der Waals surface area (Å²) < 4.78 is 4.80. The highest BCUT2D eigenvalue weighted by Gasteiger charge is 2.16. The molecule has 1 aromatic rings. The van der Waals surface area contributed by atoms with Crippen molar-refractivity contribution >= 4 is 46.8 Å². The Morgan fingerprint density at radius 3 is 2.75 bits per heavy atom. The third-order valence-corrected chi connectivity index (χ3v) is 4.00. The van der Waals surface area contributed by atoms with Crippen LogP contribution >= 0.6 is 35.0 Å². The predicted molar refractivity (Wildman–Crippen MR) is 81.4 cm³/mol. The molecule has 1 N–H and O–H groups in total. The van der Waals surface area contributed by atoms with Crippen LogP contribution in [0.5, 0.6) is 0 Å². The normalized spacial score (nSPS) is 11.8. The van der Waals surface area contributed by atoms with Crippen molar-refractivity contribution < 1.29 is 14.3 Å². The van der Waals surface area contributed by atoms with Crippen LogP contribution in [0.2, 0.25) is 10.0 Å². The minimum Gasteiger partial charge on any atom is -0.464 e. The number of benzene rings is 1. The lowest BCUT2D eigenvalue weighted by molar-refractivity contribution is -0.146. The number of hydrogen-bond donors (Lipinski definition) is 1. The van der Waals surface area contributed by atoms with Crippen molar-refractivity contribution in [3.63, 3.8) is 0 Å². The Morgan fingerprint density at radius 1 is 1.40 bits per heavy atom. The molecule has 0 saturated carbocycles. The van der Waals surface area contributed by atoms with Gasteiger partial charge in [-0.1, -0.05) is 23.2 Å². The molecule has 1 amide bonds. The molecule has 0 spiro atoms. The first-order valence-corrected chi connectivity index (χ1v) is 7.72. The van der Waals surface area contributed by atoms with Crippen LogP contribution in [0.3, 0.4) is 0 Å². The number of amides is 1. The van der Waals surface area contributed by atoms with Crippen LogP contribution in [0.4, 0.5) is 0 Å². The van der Waals surface area contributed by atoms with Crippen molar-refractivity contribution in [3.8, 4) is 0 Å². The fourth-order valence-electron chi connectivity index (χ4n) is 1.34. The van der Waals surface area contributed by atoms with Crippen molar-refractivity contribution in [1.29, 1.82) is 0 Å². The molecular weight excluding hydrogens is 321 g/mol. The Hall–Kier alpha value is -0.910. The standard InChI is InChI=1S/C13H15Cl2NO3S/c1-3-19-13(18)8(2)16-12(17)7-20-11-6-9(14)4-5-10(11)15/h4-6,8H,3,7H2,1-2H3,(H,16,17). The van der Waals surface area contributed by atoms with E-state index >= 15 is 0 Å². The van der Waals surface area contributed by atoms with Crippen molar-refractivity contribution in [3.05, 3.63) is 28.2 Å². The molecule has 110 valence electrons. The van der Waals surface area contributed by atoms with Crippen molar-refractivity contribution in [2.24, 2.45) is 0 Å². The number of halogens is 2. The van der Waals surface area contributed by atoms with Gasteiger partial charge in [0.25, 0.3) is 0 Å². The molecule has 0 saturated heterocycles. The number of carbonyl (C=O) groups is 2. The largest absolute Gasteiger partial charge is 0.464 e. The molecule has 0 aliphatic rings. The summed E-state index contributed by atoms with van der Waals surface area (Å²) in [6.45, 7) is 3.57. The molecule has 0 fully saturated rings. The van der Waals surface area contributed by atoms with E-state index in [0.29, 0.717) is 10.0 Å². The molecule has 20 heavy (non-hydrogen) atoms. The van der Waals surface area contributed by atoms with Crippen LogP contribution < -0.4 is 5.32 Å². The number of carbonyl (C=O) groups excluding carboxylic acids is 2. The molecular formula is C13H15Cl2NO3S. The third-order valence-electron chi connectivity index (χ3n) is 2.27. The van der Waals surface area contributed by atoms with Crippen molar-refractivity contribution in [2.45, 2.75) is 24.8 Å².